The van der Waals surface area contributed by atoms with E-state index in [2.05, 4.69) is 4.90 Å². The maximum absolute atomic E-state index is 4.87. The van der Waals surface area contributed by atoms with Gasteiger partial charge >= 0.3 is 0 Å². The summed E-state index contributed by atoms with van der Waals surface area (Å²) in [4.78, 5) is 9.00. The summed E-state index contributed by atoms with van der Waals surface area (Å²) in [5, 5.41) is 1.35. The lowest BCUT2D eigenvalue weighted by atomic mass is 9.95. The Balaban J connectivity index is 1.84. The van der Waals surface area contributed by atoms with Crippen molar-refractivity contribution >= 4 is 22.2 Å². The molecule has 3 heteroatoms. The van der Waals surface area contributed by atoms with Gasteiger partial charge in [-0.05, 0) is 37.7 Å². The van der Waals surface area contributed by atoms with Crippen molar-refractivity contribution in [2.75, 3.05) is 6.54 Å². The number of aliphatic imine (C=N–C) groups is 1. The molecule has 3 aliphatic rings. The Morgan fingerprint density at radius 1 is 1.00 bits per heavy atom. The maximum Gasteiger partial charge on any atom is 0.123 e. The third kappa shape index (κ3) is 1.21. The second-order valence-corrected chi connectivity index (χ2v) is 6.13. The van der Waals surface area contributed by atoms with Crippen molar-refractivity contribution in [2.45, 2.75) is 45.1 Å². The third-order valence-corrected chi connectivity index (χ3v) is 5.26. The van der Waals surface area contributed by atoms with E-state index < -0.39 is 0 Å². The van der Waals surface area contributed by atoms with Gasteiger partial charge in [-0.2, -0.15) is 0 Å². The average Bonchev–Trinajstić information content (AvgIpc) is 2.88. The number of nitrogens with zero attached hydrogens (tertiary/aromatic N) is 2. The van der Waals surface area contributed by atoms with E-state index in [9.17, 15) is 0 Å². The summed E-state index contributed by atoms with van der Waals surface area (Å²) >= 11 is 1.97. The zero-order valence-electron chi connectivity index (χ0n) is 9.46. The predicted molar refractivity (Wildman–Crippen MR) is 67.7 cm³/mol. The van der Waals surface area contributed by atoms with E-state index in [1.165, 1.54) is 55.9 Å². The maximum atomic E-state index is 4.87. The lowest BCUT2D eigenvalue weighted by Gasteiger charge is -2.24. The van der Waals surface area contributed by atoms with Gasteiger partial charge in [0, 0.05) is 30.0 Å². The van der Waals surface area contributed by atoms with Crippen LogP contribution >= 0.6 is 11.3 Å². The lowest BCUT2D eigenvalue weighted by Crippen LogP contribution is -2.26. The van der Waals surface area contributed by atoms with Crippen LogP contribution in [0.25, 0.3) is 0 Å². The molecule has 0 spiro atoms. The van der Waals surface area contributed by atoms with Crippen molar-refractivity contribution in [3.05, 3.63) is 16.0 Å². The van der Waals surface area contributed by atoms with Crippen molar-refractivity contribution in [2.24, 2.45) is 4.99 Å². The van der Waals surface area contributed by atoms with Crippen molar-refractivity contribution in [1.29, 1.82) is 0 Å². The smallest absolute Gasteiger partial charge is 0.123 e. The molecule has 0 bridgehead atoms. The molecule has 2 aliphatic heterocycles. The van der Waals surface area contributed by atoms with Gasteiger partial charge < -0.3 is 4.90 Å². The van der Waals surface area contributed by atoms with E-state index in [4.69, 9.17) is 4.99 Å². The molecule has 1 aromatic rings. The molecular formula is C13H16N2S. The van der Waals surface area contributed by atoms with Crippen molar-refractivity contribution in [3.8, 4) is 0 Å². The van der Waals surface area contributed by atoms with Gasteiger partial charge in [0.1, 0.15) is 10.8 Å². The van der Waals surface area contributed by atoms with Crippen molar-refractivity contribution in [3.63, 3.8) is 0 Å². The van der Waals surface area contributed by atoms with Crippen molar-refractivity contribution < 1.29 is 0 Å². The molecule has 1 aromatic heterocycles. The van der Waals surface area contributed by atoms with E-state index in [0.717, 1.165) is 6.54 Å². The van der Waals surface area contributed by atoms with Gasteiger partial charge in [-0.3, -0.25) is 0 Å². The Morgan fingerprint density at radius 2 is 1.94 bits per heavy atom. The van der Waals surface area contributed by atoms with Gasteiger partial charge in [0.25, 0.3) is 0 Å². The van der Waals surface area contributed by atoms with Crippen LogP contribution in [-0.2, 0) is 19.4 Å². The van der Waals surface area contributed by atoms with Gasteiger partial charge in [-0.15, -0.1) is 11.3 Å². The Bertz CT molecular complexity index is 473. The van der Waals surface area contributed by atoms with Crippen LogP contribution in [0.15, 0.2) is 4.99 Å². The molecule has 1 fully saturated rings. The Kier molecular flexibility index (Phi) is 1.92. The first kappa shape index (κ1) is 9.23. The Labute approximate surface area is 100.0 Å². The fourth-order valence-electron chi connectivity index (χ4n) is 3.19. The first-order valence-corrected chi connectivity index (χ1v) is 7.19. The highest BCUT2D eigenvalue weighted by Gasteiger charge is 2.29. The predicted octanol–water partition coefficient (Wildman–Crippen LogP) is 3.27. The van der Waals surface area contributed by atoms with Crippen LogP contribution in [0.2, 0.25) is 0 Å². The van der Waals surface area contributed by atoms with Crippen LogP contribution in [-0.4, -0.2) is 17.3 Å². The molecular weight excluding hydrogens is 216 g/mol. The Morgan fingerprint density at radius 3 is 2.94 bits per heavy atom. The second kappa shape index (κ2) is 3.33. The lowest BCUT2D eigenvalue weighted by molar-refractivity contribution is 0.441. The minimum Gasteiger partial charge on any atom is -0.356 e. The second-order valence-electron chi connectivity index (χ2n) is 5.05. The molecule has 3 heterocycles. The van der Waals surface area contributed by atoms with Gasteiger partial charge in [0.05, 0.1) is 0 Å². The molecule has 84 valence electrons. The zero-order valence-corrected chi connectivity index (χ0v) is 10.3. The number of amidine groups is 1. The van der Waals surface area contributed by atoms with Crippen molar-refractivity contribution in [1.82, 2.24) is 4.90 Å². The highest BCUT2D eigenvalue weighted by Crippen LogP contribution is 2.43. The number of fused-ring (bicyclic) bond motifs is 4. The minimum absolute atomic E-state index is 1.15. The monoisotopic (exact) mass is 232 g/mol. The molecule has 1 aliphatic carbocycles. The van der Waals surface area contributed by atoms with E-state index in [1.54, 1.807) is 16.0 Å². The summed E-state index contributed by atoms with van der Waals surface area (Å²) in [6.07, 6.45) is 7.87. The quantitative estimate of drug-likeness (QED) is 0.670. The number of hydrogen-bond donors (Lipinski definition) is 0. The molecule has 0 saturated carbocycles. The van der Waals surface area contributed by atoms with E-state index in [-0.39, 0.29) is 0 Å². The molecule has 0 amide bonds. The molecule has 1 saturated heterocycles. The molecule has 0 atom stereocenters. The largest absolute Gasteiger partial charge is 0.356 e. The van der Waals surface area contributed by atoms with Crippen LogP contribution in [0.3, 0.4) is 0 Å². The molecule has 4 rings (SSSR count). The molecule has 0 radical (unpaired) electrons. The van der Waals surface area contributed by atoms with Crippen LogP contribution in [0.4, 0.5) is 5.00 Å². The third-order valence-electron chi connectivity index (χ3n) is 4.03. The summed E-state index contributed by atoms with van der Waals surface area (Å²) in [5.74, 6) is 1.35. The van der Waals surface area contributed by atoms with Gasteiger partial charge in [-0.25, -0.2) is 4.99 Å². The molecule has 16 heavy (non-hydrogen) atoms. The molecule has 0 aromatic carbocycles. The number of hydrogen-bond acceptors (Lipinski definition) is 3. The summed E-state index contributed by atoms with van der Waals surface area (Å²) in [7, 11) is 0. The van der Waals surface area contributed by atoms with Crippen LogP contribution in [0, 0.1) is 0 Å². The fraction of sp³-hybridized carbons (Fsp3) is 0.615. The van der Waals surface area contributed by atoms with Gasteiger partial charge in [-0.1, -0.05) is 0 Å². The normalized spacial score (nSPS) is 22.5. The van der Waals surface area contributed by atoms with Gasteiger partial charge in [0.2, 0.25) is 0 Å². The summed E-state index contributed by atoms with van der Waals surface area (Å²) in [5.41, 5.74) is 3.24. The summed E-state index contributed by atoms with van der Waals surface area (Å²) in [6, 6.07) is 0. The number of rotatable bonds is 0. The van der Waals surface area contributed by atoms with Gasteiger partial charge in [0.15, 0.2) is 0 Å². The SMILES string of the molecule is C1CCc2c(sc3c2CN2CCCC2=N3)C1. The van der Waals surface area contributed by atoms with Crippen LogP contribution < -0.4 is 0 Å². The van der Waals surface area contributed by atoms with E-state index in [1.807, 2.05) is 11.3 Å². The standard InChI is InChI=1S/C13H16N2S/c1-2-5-11-9(4-1)10-8-15-7-3-6-12(15)14-13(10)16-11/h1-8H2. The van der Waals surface area contributed by atoms with Crippen LogP contribution in [0.5, 0.6) is 0 Å². The topological polar surface area (TPSA) is 15.6 Å². The number of thiophene rings is 1. The minimum atomic E-state index is 1.15. The fourth-order valence-corrected chi connectivity index (χ4v) is 4.48. The van der Waals surface area contributed by atoms with E-state index in [0.29, 0.717) is 0 Å². The first-order chi connectivity index (χ1) is 7.92. The van der Waals surface area contributed by atoms with E-state index >= 15 is 0 Å². The Hall–Kier alpha value is -0.830. The summed E-state index contributed by atoms with van der Waals surface area (Å²) < 4.78 is 0. The average molecular weight is 232 g/mol. The highest BCUT2D eigenvalue weighted by atomic mass is 32.1. The highest BCUT2D eigenvalue weighted by molar-refractivity contribution is 7.16. The molecule has 0 unspecified atom stereocenters. The van der Waals surface area contributed by atoms with Crippen LogP contribution in [0.1, 0.15) is 41.7 Å². The first-order valence-electron chi connectivity index (χ1n) is 6.38. The zero-order chi connectivity index (χ0) is 10.5. The molecule has 0 N–H and O–H groups in total. The molecule has 2 nitrogen and oxygen atoms in total. The number of aryl methyl sites for hydroxylation is 1. The summed E-state index contributed by atoms with van der Waals surface area (Å²) in [6.45, 7) is 2.38.